The summed E-state index contributed by atoms with van der Waals surface area (Å²) >= 11 is 0. The van der Waals surface area contributed by atoms with Gasteiger partial charge in [0, 0.05) is 18.0 Å². The first-order valence-corrected chi connectivity index (χ1v) is 7.73. The van der Waals surface area contributed by atoms with Crippen LogP contribution in [0.3, 0.4) is 0 Å². The van der Waals surface area contributed by atoms with E-state index in [4.69, 9.17) is 4.74 Å². The Kier molecular flexibility index (Phi) is 5.38. The highest BCUT2D eigenvalue weighted by Crippen LogP contribution is 2.28. The van der Waals surface area contributed by atoms with Gasteiger partial charge in [0.15, 0.2) is 5.78 Å². The van der Waals surface area contributed by atoms with Crippen LogP contribution in [-0.4, -0.2) is 27.9 Å². The van der Waals surface area contributed by atoms with Gasteiger partial charge in [0.05, 0.1) is 30.0 Å². The molecule has 0 saturated carbocycles. The number of carbonyl (C=O) groups excluding carboxylic acids is 2. The van der Waals surface area contributed by atoms with Crippen LogP contribution in [0, 0.1) is 13.8 Å². The highest BCUT2D eigenvalue weighted by Gasteiger charge is 2.31. The van der Waals surface area contributed by atoms with E-state index in [1.165, 1.54) is 6.92 Å². The van der Waals surface area contributed by atoms with Crippen LogP contribution in [0.1, 0.15) is 44.6 Å². The normalized spacial score (nSPS) is 11.5. The quantitative estimate of drug-likeness (QED) is 0.648. The molecule has 6 nitrogen and oxygen atoms in total. The zero-order valence-electron chi connectivity index (χ0n) is 14.4. The smallest absolute Gasteiger partial charge is 0.417 e. The van der Waals surface area contributed by atoms with Crippen molar-refractivity contribution in [1.29, 1.82) is 0 Å². The highest BCUT2D eigenvalue weighted by molar-refractivity contribution is 6.01. The molecule has 26 heavy (non-hydrogen) atoms. The molecule has 140 valence electrons. The fraction of sp³-hybridized carbons (Fsp3) is 0.353. The molecular formula is C17H17F3N2O4. The Balaban J connectivity index is 2.36. The number of nitrogens with zero attached hydrogens (tertiary/aromatic N) is 1. The third kappa shape index (κ3) is 3.87. The number of esters is 1. The van der Waals surface area contributed by atoms with Gasteiger partial charge in [-0.25, -0.2) is 4.79 Å². The Hall–Kier alpha value is -2.84. The molecule has 2 heterocycles. The van der Waals surface area contributed by atoms with Crippen molar-refractivity contribution in [3.8, 4) is 0 Å². The van der Waals surface area contributed by atoms with E-state index < -0.39 is 35.6 Å². The summed E-state index contributed by atoms with van der Waals surface area (Å²) in [6.07, 6.45) is -4.04. The molecule has 0 saturated heterocycles. The van der Waals surface area contributed by atoms with Crippen molar-refractivity contribution in [2.75, 3.05) is 6.61 Å². The molecule has 0 spiro atoms. The summed E-state index contributed by atoms with van der Waals surface area (Å²) in [7, 11) is 0. The number of pyridine rings is 1. The minimum atomic E-state index is -4.63. The predicted octanol–water partition coefficient (Wildman–Crippen LogP) is 2.87. The molecule has 0 amide bonds. The standard InChI is InChI=1S/C17H17F3N2O4/c1-4-26-16(25)14-9(2)15(21-10(14)3)12(23)8-22-7-11(17(18,19)20)5-6-13(22)24/h5-7,21H,4,8H2,1-3H3. The SMILES string of the molecule is CCOC(=O)c1c(C)[nH]c(C(=O)Cn2cc(C(F)(F)F)ccc2=O)c1C. The number of ether oxygens (including phenoxy) is 1. The molecule has 1 N–H and O–H groups in total. The van der Waals surface area contributed by atoms with Gasteiger partial charge in [-0.1, -0.05) is 0 Å². The van der Waals surface area contributed by atoms with Crippen LogP contribution in [0.5, 0.6) is 0 Å². The Bertz CT molecular complexity index is 910. The van der Waals surface area contributed by atoms with Crippen LogP contribution in [0.2, 0.25) is 0 Å². The minimum Gasteiger partial charge on any atom is -0.462 e. The lowest BCUT2D eigenvalue weighted by Gasteiger charge is -2.10. The monoisotopic (exact) mass is 370 g/mol. The average molecular weight is 370 g/mol. The van der Waals surface area contributed by atoms with Gasteiger partial charge in [0.1, 0.15) is 0 Å². The molecule has 2 aromatic rings. The highest BCUT2D eigenvalue weighted by atomic mass is 19.4. The Morgan fingerprint density at radius 1 is 1.23 bits per heavy atom. The molecule has 0 fully saturated rings. The van der Waals surface area contributed by atoms with E-state index in [9.17, 15) is 27.6 Å². The van der Waals surface area contributed by atoms with E-state index in [1.54, 1.807) is 13.8 Å². The fourth-order valence-corrected chi connectivity index (χ4v) is 2.59. The number of nitrogens with one attached hydrogen (secondary N) is 1. The number of rotatable bonds is 5. The number of halogens is 3. The molecule has 2 rings (SSSR count). The molecule has 0 aliphatic carbocycles. The lowest BCUT2D eigenvalue weighted by atomic mass is 10.1. The first-order valence-electron chi connectivity index (χ1n) is 7.73. The van der Waals surface area contributed by atoms with Crippen LogP contribution in [0.25, 0.3) is 0 Å². The number of H-pyrrole nitrogens is 1. The lowest BCUT2D eigenvalue weighted by Crippen LogP contribution is -2.25. The molecule has 9 heteroatoms. The van der Waals surface area contributed by atoms with E-state index in [-0.39, 0.29) is 17.9 Å². The summed E-state index contributed by atoms with van der Waals surface area (Å²) in [5.74, 6) is -1.23. The molecule has 2 aromatic heterocycles. The molecule has 0 aliphatic heterocycles. The molecular weight excluding hydrogens is 353 g/mol. The second-order valence-electron chi connectivity index (χ2n) is 5.65. The van der Waals surface area contributed by atoms with Crippen molar-refractivity contribution >= 4 is 11.8 Å². The number of ketones is 1. The molecule has 0 bridgehead atoms. The first-order chi connectivity index (χ1) is 12.1. The van der Waals surface area contributed by atoms with E-state index in [0.717, 1.165) is 6.07 Å². The molecule has 0 unspecified atom stereocenters. The van der Waals surface area contributed by atoms with E-state index >= 15 is 0 Å². The van der Waals surface area contributed by atoms with Gasteiger partial charge in [-0.15, -0.1) is 0 Å². The second kappa shape index (κ2) is 7.19. The van der Waals surface area contributed by atoms with Gasteiger partial charge >= 0.3 is 12.1 Å². The van der Waals surface area contributed by atoms with Crippen molar-refractivity contribution < 1.29 is 27.5 Å². The Morgan fingerprint density at radius 2 is 1.88 bits per heavy atom. The van der Waals surface area contributed by atoms with Crippen molar-refractivity contribution in [1.82, 2.24) is 9.55 Å². The van der Waals surface area contributed by atoms with E-state index in [0.29, 0.717) is 28.1 Å². The summed E-state index contributed by atoms with van der Waals surface area (Å²) in [6.45, 7) is 4.31. The Morgan fingerprint density at radius 3 is 2.46 bits per heavy atom. The van der Waals surface area contributed by atoms with Crippen LogP contribution in [0.4, 0.5) is 13.2 Å². The second-order valence-corrected chi connectivity index (χ2v) is 5.65. The van der Waals surface area contributed by atoms with Crippen LogP contribution >= 0.6 is 0 Å². The van der Waals surface area contributed by atoms with Crippen molar-refractivity contribution in [3.63, 3.8) is 0 Å². The zero-order valence-corrected chi connectivity index (χ0v) is 14.4. The van der Waals surface area contributed by atoms with Gasteiger partial charge in [-0.05, 0) is 32.4 Å². The van der Waals surface area contributed by atoms with Gasteiger partial charge in [0.2, 0.25) is 0 Å². The van der Waals surface area contributed by atoms with Crippen molar-refractivity contribution in [2.45, 2.75) is 33.5 Å². The molecule has 0 aromatic carbocycles. The number of alkyl halides is 3. The summed E-state index contributed by atoms with van der Waals surface area (Å²) in [4.78, 5) is 38.9. The van der Waals surface area contributed by atoms with Crippen molar-refractivity contribution in [3.05, 3.63) is 56.8 Å². The third-order valence-electron chi connectivity index (χ3n) is 3.82. The zero-order chi connectivity index (χ0) is 19.6. The van der Waals surface area contributed by atoms with Gasteiger partial charge in [0.25, 0.3) is 5.56 Å². The van der Waals surface area contributed by atoms with Gasteiger partial charge in [-0.2, -0.15) is 13.2 Å². The first kappa shape index (κ1) is 19.5. The average Bonchev–Trinajstić information content (AvgIpc) is 2.83. The van der Waals surface area contributed by atoms with Gasteiger partial charge < -0.3 is 14.3 Å². The number of Topliss-reactive ketones (excluding diaryl/α,β-unsaturated/α-hetero) is 1. The van der Waals surface area contributed by atoms with Crippen LogP contribution < -0.4 is 5.56 Å². The third-order valence-corrected chi connectivity index (χ3v) is 3.82. The van der Waals surface area contributed by atoms with Gasteiger partial charge in [-0.3, -0.25) is 9.59 Å². The number of carbonyl (C=O) groups is 2. The number of aryl methyl sites for hydroxylation is 1. The summed E-state index contributed by atoms with van der Waals surface area (Å²) < 4.78 is 44.0. The van der Waals surface area contributed by atoms with Crippen LogP contribution in [0.15, 0.2) is 23.1 Å². The van der Waals surface area contributed by atoms with Crippen molar-refractivity contribution in [2.24, 2.45) is 0 Å². The maximum absolute atomic E-state index is 12.8. The minimum absolute atomic E-state index is 0.0508. The van der Waals surface area contributed by atoms with E-state index in [2.05, 4.69) is 4.98 Å². The predicted molar refractivity (Wildman–Crippen MR) is 86.3 cm³/mol. The van der Waals surface area contributed by atoms with Crippen LogP contribution in [-0.2, 0) is 17.5 Å². The fourth-order valence-electron chi connectivity index (χ4n) is 2.59. The molecule has 0 atom stereocenters. The number of aromatic nitrogens is 2. The molecule has 0 aliphatic rings. The maximum atomic E-state index is 12.8. The largest absolute Gasteiger partial charge is 0.462 e. The summed E-state index contributed by atoms with van der Waals surface area (Å²) in [6, 6.07) is 1.42. The summed E-state index contributed by atoms with van der Waals surface area (Å²) in [5, 5.41) is 0. The lowest BCUT2D eigenvalue weighted by molar-refractivity contribution is -0.138. The molecule has 0 radical (unpaired) electrons. The number of hydrogen-bond acceptors (Lipinski definition) is 4. The summed E-state index contributed by atoms with van der Waals surface area (Å²) in [5.41, 5.74) is -0.789. The maximum Gasteiger partial charge on any atom is 0.417 e. The topological polar surface area (TPSA) is 81.2 Å². The number of hydrogen-bond donors (Lipinski definition) is 1. The number of aromatic amines is 1. The Labute approximate surface area is 146 Å². The van der Waals surface area contributed by atoms with E-state index in [1.807, 2.05) is 0 Å².